The third-order valence-electron chi connectivity index (χ3n) is 2.74. The van der Waals surface area contributed by atoms with E-state index in [9.17, 15) is 4.39 Å². The summed E-state index contributed by atoms with van der Waals surface area (Å²) in [5.41, 5.74) is 2.26. The van der Waals surface area contributed by atoms with Crippen molar-refractivity contribution in [1.82, 2.24) is 20.4 Å². The second-order valence-electron chi connectivity index (χ2n) is 4.49. The van der Waals surface area contributed by atoms with E-state index in [1.807, 2.05) is 24.3 Å². The quantitative estimate of drug-likeness (QED) is 0.791. The number of allylic oxidation sites excluding steroid dienone is 1. The summed E-state index contributed by atoms with van der Waals surface area (Å²) >= 11 is 0. The van der Waals surface area contributed by atoms with Crippen LogP contribution >= 0.6 is 0 Å². The molecule has 0 aliphatic heterocycles. The molecule has 1 unspecified atom stereocenters. The highest BCUT2D eigenvalue weighted by atomic mass is 19.1. The van der Waals surface area contributed by atoms with Gasteiger partial charge in [0.25, 0.3) is 0 Å². The van der Waals surface area contributed by atoms with E-state index in [4.69, 9.17) is 0 Å². The van der Waals surface area contributed by atoms with Gasteiger partial charge in [-0.3, -0.25) is 0 Å². The Morgan fingerprint density at radius 3 is 2.26 bits per heavy atom. The van der Waals surface area contributed by atoms with Gasteiger partial charge in [0.1, 0.15) is 6.17 Å². The van der Waals surface area contributed by atoms with E-state index < -0.39 is 6.17 Å². The third-order valence-corrected chi connectivity index (χ3v) is 2.74. The van der Waals surface area contributed by atoms with Gasteiger partial charge in [-0.25, -0.2) is 4.39 Å². The SMILES string of the molecule is C=C(C)C(F)Cc1ccc(-c2nnc(C)nn2)cc1. The number of halogens is 1. The molecule has 0 amide bonds. The minimum Gasteiger partial charge on any atom is -0.242 e. The Kier molecular flexibility index (Phi) is 3.94. The second-order valence-corrected chi connectivity index (χ2v) is 4.49. The smallest absolute Gasteiger partial charge is 0.203 e. The van der Waals surface area contributed by atoms with Crippen molar-refractivity contribution in [2.24, 2.45) is 0 Å². The molecule has 0 spiro atoms. The molecule has 4 nitrogen and oxygen atoms in total. The number of nitrogens with zero attached hydrogens (tertiary/aromatic N) is 4. The van der Waals surface area contributed by atoms with Crippen molar-refractivity contribution >= 4 is 0 Å². The average molecular weight is 258 g/mol. The van der Waals surface area contributed by atoms with Crippen molar-refractivity contribution in [3.63, 3.8) is 0 Å². The van der Waals surface area contributed by atoms with E-state index in [1.165, 1.54) is 0 Å². The van der Waals surface area contributed by atoms with E-state index in [1.54, 1.807) is 13.8 Å². The zero-order valence-corrected chi connectivity index (χ0v) is 11.0. The number of rotatable bonds is 4. The second kappa shape index (κ2) is 5.65. The van der Waals surface area contributed by atoms with Crippen LogP contribution in [0.5, 0.6) is 0 Å². The van der Waals surface area contributed by atoms with Crippen LogP contribution < -0.4 is 0 Å². The molecule has 0 saturated heterocycles. The molecule has 0 aliphatic rings. The lowest BCUT2D eigenvalue weighted by atomic mass is 10.0. The molecule has 2 aromatic rings. The number of aromatic nitrogens is 4. The Balaban J connectivity index is 2.14. The van der Waals surface area contributed by atoms with Gasteiger partial charge < -0.3 is 0 Å². The van der Waals surface area contributed by atoms with E-state index in [2.05, 4.69) is 27.0 Å². The zero-order valence-electron chi connectivity index (χ0n) is 11.0. The number of hydrogen-bond donors (Lipinski definition) is 0. The molecule has 98 valence electrons. The maximum atomic E-state index is 13.5. The molecular formula is C14H15FN4. The Morgan fingerprint density at radius 1 is 1.16 bits per heavy atom. The normalized spacial score (nSPS) is 12.2. The average Bonchev–Trinajstić information content (AvgIpc) is 2.40. The molecule has 2 rings (SSSR count). The van der Waals surface area contributed by atoms with Gasteiger partial charge in [-0.1, -0.05) is 30.8 Å². The molecule has 0 saturated carbocycles. The number of aryl methyl sites for hydroxylation is 1. The highest BCUT2D eigenvalue weighted by Crippen LogP contribution is 2.17. The fourth-order valence-corrected chi connectivity index (χ4v) is 1.57. The maximum Gasteiger partial charge on any atom is 0.203 e. The lowest BCUT2D eigenvalue weighted by Crippen LogP contribution is -2.05. The fraction of sp³-hybridized carbons (Fsp3) is 0.286. The van der Waals surface area contributed by atoms with Crippen molar-refractivity contribution < 1.29 is 4.39 Å². The van der Waals surface area contributed by atoms with Crippen LogP contribution in [0.2, 0.25) is 0 Å². The maximum absolute atomic E-state index is 13.5. The summed E-state index contributed by atoms with van der Waals surface area (Å²) in [6.07, 6.45) is -0.675. The Hall–Kier alpha value is -2.17. The Morgan fingerprint density at radius 2 is 1.74 bits per heavy atom. The van der Waals surface area contributed by atoms with Crippen LogP contribution in [0.3, 0.4) is 0 Å². The monoisotopic (exact) mass is 258 g/mol. The number of benzene rings is 1. The molecule has 1 aromatic heterocycles. The first-order valence-corrected chi connectivity index (χ1v) is 5.99. The molecule has 1 heterocycles. The molecular weight excluding hydrogens is 243 g/mol. The molecule has 5 heteroatoms. The predicted octanol–water partition coefficient (Wildman–Crippen LogP) is 2.70. The lowest BCUT2D eigenvalue weighted by molar-refractivity contribution is 0.381. The summed E-state index contributed by atoms with van der Waals surface area (Å²) in [6.45, 7) is 7.03. The fourth-order valence-electron chi connectivity index (χ4n) is 1.57. The van der Waals surface area contributed by atoms with Crippen LogP contribution in [-0.4, -0.2) is 26.6 Å². The van der Waals surface area contributed by atoms with Gasteiger partial charge in [-0.2, -0.15) is 0 Å². The molecule has 19 heavy (non-hydrogen) atoms. The van der Waals surface area contributed by atoms with E-state index in [0.717, 1.165) is 11.1 Å². The van der Waals surface area contributed by atoms with E-state index in [-0.39, 0.29) is 0 Å². The van der Waals surface area contributed by atoms with Crippen molar-refractivity contribution in [3.8, 4) is 11.4 Å². The largest absolute Gasteiger partial charge is 0.242 e. The zero-order chi connectivity index (χ0) is 13.8. The first-order valence-electron chi connectivity index (χ1n) is 5.99. The summed E-state index contributed by atoms with van der Waals surface area (Å²) < 4.78 is 13.5. The lowest BCUT2D eigenvalue weighted by Gasteiger charge is -2.07. The van der Waals surface area contributed by atoms with Crippen molar-refractivity contribution in [2.75, 3.05) is 0 Å². The molecule has 0 fully saturated rings. The van der Waals surface area contributed by atoms with Crippen LogP contribution in [-0.2, 0) is 6.42 Å². The highest BCUT2D eigenvalue weighted by molar-refractivity contribution is 5.54. The van der Waals surface area contributed by atoms with Crippen LogP contribution in [0.25, 0.3) is 11.4 Å². The first kappa shape index (κ1) is 13.3. The molecule has 1 atom stereocenters. The topological polar surface area (TPSA) is 51.6 Å². The first-order chi connectivity index (χ1) is 9.06. The summed E-state index contributed by atoms with van der Waals surface area (Å²) in [5.74, 6) is 0.996. The predicted molar refractivity (Wildman–Crippen MR) is 71.2 cm³/mol. The Labute approximate surface area is 111 Å². The number of alkyl halides is 1. The summed E-state index contributed by atoms with van der Waals surface area (Å²) in [5, 5.41) is 15.6. The Bertz CT molecular complexity index is 563. The van der Waals surface area contributed by atoms with Gasteiger partial charge in [-0.05, 0) is 25.0 Å². The van der Waals surface area contributed by atoms with E-state index >= 15 is 0 Å². The van der Waals surface area contributed by atoms with Gasteiger partial charge in [0, 0.05) is 12.0 Å². The van der Waals surface area contributed by atoms with Gasteiger partial charge >= 0.3 is 0 Å². The number of hydrogen-bond acceptors (Lipinski definition) is 4. The van der Waals surface area contributed by atoms with Crippen LogP contribution in [0.1, 0.15) is 18.3 Å². The van der Waals surface area contributed by atoms with Crippen LogP contribution in [0.15, 0.2) is 36.4 Å². The summed E-state index contributed by atoms with van der Waals surface area (Å²) in [4.78, 5) is 0. The minimum absolute atomic E-state index is 0.334. The van der Waals surface area contributed by atoms with Crippen molar-refractivity contribution in [3.05, 3.63) is 47.8 Å². The van der Waals surface area contributed by atoms with Gasteiger partial charge in [0.2, 0.25) is 5.82 Å². The minimum atomic E-state index is -1.01. The summed E-state index contributed by atoms with van der Waals surface area (Å²) in [7, 11) is 0. The molecule has 0 bridgehead atoms. The molecule has 0 N–H and O–H groups in total. The standard InChI is InChI=1S/C14H15FN4/c1-9(2)13(15)8-11-4-6-12(7-5-11)14-18-16-10(3)17-19-14/h4-7,13H,1,8H2,2-3H3. The van der Waals surface area contributed by atoms with Crippen molar-refractivity contribution in [1.29, 1.82) is 0 Å². The van der Waals surface area contributed by atoms with Gasteiger partial charge in [0.05, 0.1) is 0 Å². The molecule has 1 aromatic carbocycles. The third kappa shape index (κ3) is 3.40. The van der Waals surface area contributed by atoms with Crippen LogP contribution in [0, 0.1) is 6.92 Å². The van der Waals surface area contributed by atoms with Gasteiger partial charge in [0.15, 0.2) is 5.82 Å². The molecule has 0 aliphatic carbocycles. The highest BCUT2D eigenvalue weighted by Gasteiger charge is 2.09. The molecule has 0 radical (unpaired) electrons. The summed E-state index contributed by atoms with van der Waals surface area (Å²) in [6, 6.07) is 7.39. The van der Waals surface area contributed by atoms with Crippen molar-refractivity contribution in [2.45, 2.75) is 26.4 Å². The van der Waals surface area contributed by atoms with Crippen LogP contribution in [0.4, 0.5) is 4.39 Å². The van der Waals surface area contributed by atoms with E-state index in [0.29, 0.717) is 23.6 Å². The van der Waals surface area contributed by atoms with Gasteiger partial charge in [-0.15, -0.1) is 20.4 Å².